The summed E-state index contributed by atoms with van der Waals surface area (Å²) in [5, 5.41) is 2.90. The fraction of sp³-hybridized carbons (Fsp3) is 0.300. The van der Waals surface area contributed by atoms with Gasteiger partial charge in [0.25, 0.3) is 5.91 Å². The quantitative estimate of drug-likeness (QED) is 0.788. The largest absolute Gasteiger partial charge is 0.497 e. The molecule has 2 aromatic carbocycles. The molecule has 1 aliphatic carbocycles. The maximum Gasteiger partial charge on any atom is 0.311 e. The molecule has 0 saturated heterocycles. The first kappa shape index (κ1) is 17.0. The topological polar surface area (TPSA) is 64.6 Å². The van der Waals surface area contributed by atoms with E-state index >= 15 is 0 Å². The average Bonchev–Trinajstić information content (AvgIpc) is 3.45. The summed E-state index contributed by atoms with van der Waals surface area (Å²) in [5.74, 6) is 0.0184. The lowest BCUT2D eigenvalue weighted by atomic mass is 10.1. The third-order valence-corrected chi connectivity index (χ3v) is 4.02. The SMILES string of the molecule is COc1ccc(CC(=O)OC(C(=O)NC2CC2)c2ccccc2)cc1. The van der Waals surface area contributed by atoms with Gasteiger partial charge >= 0.3 is 5.97 Å². The molecule has 25 heavy (non-hydrogen) atoms. The Labute approximate surface area is 147 Å². The minimum atomic E-state index is -0.924. The van der Waals surface area contributed by atoms with E-state index in [2.05, 4.69) is 5.32 Å². The second kappa shape index (κ2) is 7.83. The summed E-state index contributed by atoms with van der Waals surface area (Å²) in [4.78, 5) is 24.8. The van der Waals surface area contributed by atoms with E-state index in [1.165, 1.54) is 0 Å². The van der Waals surface area contributed by atoms with Crippen LogP contribution in [0.1, 0.15) is 30.1 Å². The normalized spacial score (nSPS) is 14.4. The van der Waals surface area contributed by atoms with Crippen LogP contribution in [0.25, 0.3) is 0 Å². The van der Waals surface area contributed by atoms with Crippen molar-refractivity contribution in [2.24, 2.45) is 0 Å². The summed E-state index contributed by atoms with van der Waals surface area (Å²) in [6.07, 6.45) is 1.14. The van der Waals surface area contributed by atoms with Crippen LogP contribution in [0, 0.1) is 0 Å². The Hall–Kier alpha value is -2.82. The molecule has 5 heteroatoms. The lowest BCUT2D eigenvalue weighted by Crippen LogP contribution is -2.33. The van der Waals surface area contributed by atoms with E-state index in [1.807, 2.05) is 30.3 Å². The summed E-state index contributed by atoms with van der Waals surface area (Å²) in [7, 11) is 1.59. The molecule has 1 unspecified atom stereocenters. The van der Waals surface area contributed by atoms with Crippen molar-refractivity contribution in [3.8, 4) is 5.75 Å². The van der Waals surface area contributed by atoms with Crippen molar-refractivity contribution in [1.82, 2.24) is 5.32 Å². The van der Waals surface area contributed by atoms with Gasteiger partial charge in [0.1, 0.15) is 5.75 Å². The van der Waals surface area contributed by atoms with Crippen LogP contribution in [0.3, 0.4) is 0 Å². The van der Waals surface area contributed by atoms with Crippen molar-refractivity contribution in [1.29, 1.82) is 0 Å². The van der Waals surface area contributed by atoms with Crippen molar-refractivity contribution in [3.05, 3.63) is 65.7 Å². The van der Waals surface area contributed by atoms with E-state index in [0.29, 0.717) is 5.56 Å². The number of rotatable bonds is 7. The smallest absolute Gasteiger partial charge is 0.311 e. The lowest BCUT2D eigenvalue weighted by Gasteiger charge is -2.18. The van der Waals surface area contributed by atoms with Crippen LogP contribution in [0.2, 0.25) is 0 Å². The zero-order valence-electron chi connectivity index (χ0n) is 14.1. The van der Waals surface area contributed by atoms with E-state index in [4.69, 9.17) is 9.47 Å². The summed E-state index contributed by atoms with van der Waals surface area (Å²) in [5.41, 5.74) is 1.48. The fourth-order valence-electron chi connectivity index (χ4n) is 2.49. The molecule has 0 spiro atoms. The summed E-state index contributed by atoms with van der Waals surface area (Å²) in [6, 6.07) is 16.5. The average molecular weight is 339 g/mol. The molecule has 1 amide bonds. The Balaban J connectivity index is 1.67. The van der Waals surface area contributed by atoms with Crippen LogP contribution in [0.4, 0.5) is 0 Å². The van der Waals surface area contributed by atoms with Crippen molar-refractivity contribution in [2.75, 3.05) is 7.11 Å². The predicted octanol–water partition coefficient (Wildman–Crippen LogP) is 2.80. The molecule has 1 saturated carbocycles. The van der Waals surface area contributed by atoms with Gasteiger partial charge in [0, 0.05) is 11.6 Å². The molecule has 2 aromatic rings. The highest BCUT2D eigenvalue weighted by atomic mass is 16.5. The maximum atomic E-state index is 12.5. The van der Waals surface area contributed by atoms with E-state index in [0.717, 1.165) is 24.2 Å². The highest BCUT2D eigenvalue weighted by molar-refractivity contribution is 5.85. The maximum absolute atomic E-state index is 12.5. The molecule has 0 bridgehead atoms. The first-order valence-corrected chi connectivity index (χ1v) is 8.33. The zero-order chi connectivity index (χ0) is 17.6. The van der Waals surface area contributed by atoms with Crippen molar-refractivity contribution < 1.29 is 19.1 Å². The monoisotopic (exact) mass is 339 g/mol. The second-order valence-electron chi connectivity index (χ2n) is 6.09. The van der Waals surface area contributed by atoms with Crippen LogP contribution in [-0.2, 0) is 20.7 Å². The molecular weight excluding hydrogens is 318 g/mol. The highest BCUT2D eigenvalue weighted by Crippen LogP contribution is 2.23. The van der Waals surface area contributed by atoms with E-state index in [-0.39, 0.29) is 18.4 Å². The van der Waals surface area contributed by atoms with Gasteiger partial charge in [0.2, 0.25) is 6.10 Å². The number of ether oxygens (including phenoxy) is 2. The Morgan fingerprint density at radius 3 is 2.36 bits per heavy atom. The Morgan fingerprint density at radius 2 is 1.76 bits per heavy atom. The van der Waals surface area contributed by atoms with Crippen molar-refractivity contribution in [2.45, 2.75) is 31.4 Å². The zero-order valence-corrected chi connectivity index (χ0v) is 14.1. The number of esters is 1. The van der Waals surface area contributed by atoms with Crippen LogP contribution >= 0.6 is 0 Å². The first-order valence-electron chi connectivity index (χ1n) is 8.33. The number of hydrogen-bond acceptors (Lipinski definition) is 4. The van der Waals surface area contributed by atoms with Crippen LogP contribution in [0.15, 0.2) is 54.6 Å². The van der Waals surface area contributed by atoms with E-state index in [1.54, 1.807) is 31.4 Å². The van der Waals surface area contributed by atoms with Gasteiger partial charge in [-0.15, -0.1) is 0 Å². The summed E-state index contributed by atoms with van der Waals surface area (Å²) < 4.78 is 10.6. The summed E-state index contributed by atoms with van der Waals surface area (Å²) in [6.45, 7) is 0. The molecule has 5 nitrogen and oxygen atoms in total. The minimum Gasteiger partial charge on any atom is -0.497 e. The number of hydrogen-bond donors (Lipinski definition) is 1. The van der Waals surface area contributed by atoms with Crippen LogP contribution < -0.4 is 10.1 Å². The predicted molar refractivity (Wildman–Crippen MR) is 93.1 cm³/mol. The Bertz CT molecular complexity index is 723. The second-order valence-corrected chi connectivity index (χ2v) is 6.09. The minimum absolute atomic E-state index is 0.101. The molecule has 0 aliphatic heterocycles. The van der Waals surface area contributed by atoms with Gasteiger partial charge in [-0.2, -0.15) is 0 Å². The van der Waals surface area contributed by atoms with Crippen LogP contribution in [0.5, 0.6) is 5.75 Å². The third kappa shape index (κ3) is 4.83. The van der Waals surface area contributed by atoms with E-state index < -0.39 is 12.1 Å². The number of carbonyl (C=O) groups excluding carboxylic acids is 2. The standard InChI is InChI=1S/C20H21NO4/c1-24-17-11-7-14(8-12-17)13-18(22)25-19(15-5-3-2-4-6-15)20(23)21-16-9-10-16/h2-8,11-12,16,19H,9-10,13H2,1H3,(H,21,23). The number of benzene rings is 2. The molecule has 1 fully saturated rings. The lowest BCUT2D eigenvalue weighted by molar-refractivity contribution is -0.156. The molecule has 0 aromatic heterocycles. The van der Waals surface area contributed by atoms with Gasteiger partial charge in [-0.3, -0.25) is 9.59 Å². The van der Waals surface area contributed by atoms with E-state index in [9.17, 15) is 9.59 Å². The van der Waals surface area contributed by atoms with Crippen LogP contribution in [-0.4, -0.2) is 25.0 Å². The van der Waals surface area contributed by atoms with Crippen molar-refractivity contribution >= 4 is 11.9 Å². The molecule has 1 N–H and O–H groups in total. The third-order valence-electron chi connectivity index (χ3n) is 4.02. The van der Waals surface area contributed by atoms with Gasteiger partial charge in [0.05, 0.1) is 13.5 Å². The van der Waals surface area contributed by atoms with Crippen molar-refractivity contribution in [3.63, 3.8) is 0 Å². The summed E-state index contributed by atoms with van der Waals surface area (Å²) >= 11 is 0. The number of nitrogens with one attached hydrogen (secondary N) is 1. The fourth-order valence-corrected chi connectivity index (χ4v) is 2.49. The molecule has 1 atom stereocenters. The molecule has 130 valence electrons. The first-order chi connectivity index (χ1) is 12.2. The van der Waals surface area contributed by atoms with Gasteiger partial charge in [-0.1, -0.05) is 42.5 Å². The van der Waals surface area contributed by atoms with Gasteiger partial charge in [-0.05, 0) is 30.5 Å². The molecule has 0 heterocycles. The molecule has 1 aliphatic rings. The van der Waals surface area contributed by atoms with Gasteiger partial charge in [0.15, 0.2) is 0 Å². The van der Waals surface area contributed by atoms with Gasteiger partial charge < -0.3 is 14.8 Å². The van der Waals surface area contributed by atoms with Gasteiger partial charge in [-0.25, -0.2) is 0 Å². The Kier molecular flexibility index (Phi) is 5.33. The molecule has 3 rings (SSSR count). The molecule has 0 radical (unpaired) electrons. The number of methoxy groups -OCH3 is 1. The number of amides is 1. The molecular formula is C20H21NO4. The Morgan fingerprint density at radius 1 is 1.08 bits per heavy atom. The highest BCUT2D eigenvalue weighted by Gasteiger charge is 2.30. The number of carbonyl (C=O) groups is 2.